The van der Waals surface area contributed by atoms with Crippen molar-refractivity contribution in [3.8, 4) is 6.07 Å². The molecule has 3 heterocycles. The third-order valence-electron chi connectivity index (χ3n) is 4.95. The zero-order chi connectivity index (χ0) is 23.1. The van der Waals surface area contributed by atoms with E-state index in [1.54, 1.807) is 6.07 Å². The highest BCUT2D eigenvalue weighted by Crippen LogP contribution is 2.27. The molecule has 0 saturated carbocycles. The predicted octanol–water partition coefficient (Wildman–Crippen LogP) is 2.87. The molecule has 10 heteroatoms. The molecule has 4 rings (SSSR count). The molecule has 3 aromatic rings. The standard InChI is InChI=1S/C17H19ClN2O2.C5H5N5/c1-2-12-10-11-4-3-5-14(18)15(11)16(19-12)17(21)20-13-6-8-22-9-7-13;6-1-3-2-9-5(8)10-4(3)7/h3-5,10,13H,2,6-9H2,1H3,(H,20,21);2H,(H4,7,8,9,10). The average Bonchev–Trinajstić information content (AvgIpc) is 2.79. The maximum atomic E-state index is 12.7. The number of anilines is 2. The fourth-order valence-corrected chi connectivity index (χ4v) is 3.53. The van der Waals surface area contributed by atoms with Crippen molar-refractivity contribution in [2.24, 2.45) is 0 Å². The average molecular weight is 454 g/mol. The van der Waals surface area contributed by atoms with Crippen LogP contribution in [-0.4, -0.2) is 40.1 Å². The molecule has 5 N–H and O–H groups in total. The van der Waals surface area contributed by atoms with Crippen LogP contribution in [0.5, 0.6) is 0 Å². The number of nitrogens with one attached hydrogen (secondary N) is 1. The van der Waals surface area contributed by atoms with Gasteiger partial charge in [0.1, 0.15) is 23.1 Å². The van der Waals surface area contributed by atoms with Crippen molar-refractivity contribution < 1.29 is 9.53 Å². The first kappa shape index (κ1) is 23.2. The van der Waals surface area contributed by atoms with Gasteiger partial charge in [-0.15, -0.1) is 0 Å². The van der Waals surface area contributed by atoms with Crippen LogP contribution >= 0.6 is 11.6 Å². The summed E-state index contributed by atoms with van der Waals surface area (Å²) in [6, 6.07) is 9.61. The molecule has 2 aromatic heterocycles. The van der Waals surface area contributed by atoms with E-state index >= 15 is 0 Å². The van der Waals surface area contributed by atoms with Crippen molar-refractivity contribution in [2.75, 3.05) is 24.7 Å². The van der Waals surface area contributed by atoms with Gasteiger partial charge in [-0.2, -0.15) is 10.2 Å². The van der Waals surface area contributed by atoms with E-state index in [9.17, 15) is 4.79 Å². The lowest BCUT2D eigenvalue weighted by Crippen LogP contribution is -2.39. The number of hydrogen-bond donors (Lipinski definition) is 3. The van der Waals surface area contributed by atoms with Gasteiger partial charge < -0.3 is 21.5 Å². The topological polar surface area (TPSA) is 153 Å². The van der Waals surface area contributed by atoms with Crippen molar-refractivity contribution >= 4 is 40.0 Å². The van der Waals surface area contributed by atoms with E-state index < -0.39 is 0 Å². The number of carbonyl (C=O) groups excluding carboxylic acids is 1. The number of ether oxygens (including phenoxy) is 1. The molecule has 0 aliphatic carbocycles. The Bertz CT molecular complexity index is 1160. The van der Waals surface area contributed by atoms with Gasteiger partial charge in [0.2, 0.25) is 5.95 Å². The summed E-state index contributed by atoms with van der Waals surface area (Å²) in [5, 5.41) is 13.7. The number of benzene rings is 1. The van der Waals surface area contributed by atoms with Gasteiger partial charge in [0.25, 0.3) is 5.91 Å². The molecule has 1 saturated heterocycles. The zero-order valence-corrected chi connectivity index (χ0v) is 18.4. The van der Waals surface area contributed by atoms with Crippen LogP contribution in [0.4, 0.5) is 11.8 Å². The van der Waals surface area contributed by atoms with E-state index in [4.69, 9.17) is 33.1 Å². The summed E-state index contributed by atoms with van der Waals surface area (Å²) in [7, 11) is 0. The Hall–Kier alpha value is -3.48. The maximum Gasteiger partial charge on any atom is 0.270 e. The van der Waals surface area contributed by atoms with E-state index in [0.717, 1.165) is 35.7 Å². The molecule has 0 bridgehead atoms. The van der Waals surface area contributed by atoms with E-state index in [1.807, 2.05) is 31.2 Å². The Morgan fingerprint density at radius 3 is 2.72 bits per heavy atom. The first-order valence-corrected chi connectivity index (χ1v) is 10.6. The smallest absolute Gasteiger partial charge is 0.270 e. The molecule has 1 aliphatic heterocycles. The lowest BCUT2D eigenvalue weighted by molar-refractivity contribution is 0.0695. The van der Waals surface area contributed by atoms with Crippen LogP contribution in [0.25, 0.3) is 10.8 Å². The van der Waals surface area contributed by atoms with Crippen molar-refractivity contribution in [3.05, 3.63) is 52.4 Å². The number of nitrogen functional groups attached to an aromatic ring is 2. The number of nitrogens with two attached hydrogens (primary N) is 2. The summed E-state index contributed by atoms with van der Waals surface area (Å²) in [5.74, 6) is 0.0480. The Morgan fingerprint density at radius 1 is 1.31 bits per heavy atom. The Balaban J connectivity index is 0.000000243. The van der Waals surface area contributed by atoms with Crippen LogP contribution < -0.4 is 16.8 Å². The van der Waals surface area contributed by atoms with Gasteiger partial charge in [0.05, 0.1) is 11.2 Å². The highest BCUT2D eigenvalue weighted by atomic mass is 35.5. The van der Waals surface area contributed by atoms with Crippen LogP contribution in [0.1, 0.15) is 41.5 Å². The summed E-state index contributed by atoms with van der Waals surface area (Å²) in [5.41, 5.74) is 12.0. The molecule has 32 heavy (non-hydrogen) atoms. The minimum Gasteiger partial charge on any atom is -0.382 e. The normalized spacial score (nSPS) is 13.7. The monoisotopic (exact) mass is 453 g/mol. The quantitative estimate of drug-likeness (QED) is 0.547. The lowest BCUT2D eigenvalue weighted by Gasteiger charge is -2.23. The van der Waals surface area contributed by atoms with E-state index in [1.165, 1.54) is 6.20 Å². The van der Waals surface area contributed by atoms with Crippen LogP contribution in [0.2, 0.25) is 5.02 Å². The van der Waals surface area contributed by atoms with E-state index in [0.29, 0.717) is 23.9 Å². The van der Waals surface area contributed by atoms with Gasteiger partial charge in [-0.05, 0) is 36.8 Å². The second kappa shape index (κ2) is 10.7. The largest absolute Gasteiger partial charge is 0.382 e. The second-order valence-electron chi connectivity index (χ2n) is 7.15. The summed E-state index contributed by atoms with van der Waals surface area (Å²) < 4.78 is 5.32. The number of aryl methyl sites for hydroxylation is 1. The predicted molar refractivity (Wildman–Crippen MR) is 123 cm³/mol. The van der Waals surface area contributed by atoms with Crippen molar-refractivity contribution in [2.45, 2.75) is 32.2 Å². The number of halogens is 1. The summed E-state index contributed by atoms with van der Waals surface area (Å²) >= 11 is 6.30. The molecule has 1 fully saturated rings. The Morgan fingerprint density at radius 2 is 2.06 bits per heavy atom. The molecule has 0 radical (unpaired) electrons. The van der Waals surface area contributed by atoms with Crippen molar-refractivity contribution in [1.82, 2.24) is 20.3 Å². The van der Waals surface area contributed by atoms with Crippen LogP contribution in [-0.2, 0) is 11.2 Å². The Labute approximate surface area is 190 Å². The fraction of sp³-hybridized carbons (Fsp3) is 0.318. The first-order chi connectivity index (χ1) is 15.4. The van der Waals surface area contributed by atoms with Crippen LogP contribution in [0.3, 0.4) is 0 Å². The number of fused-ring (bicyclic) bond motifs is 1. The summed E-state index contributed by atoms with van der Waals surface area (Å²) in [6.45, 7) is 3.41. The van der Waals surface area contributed by atoms with Gasteiger partial charge in [0.15, 0.2) is 0 Å². The maximum absolute atomic E-state index is 12.7. The molecule has 0 spiro atoms. The van der Waals surface area contributed by atoms with Gasteiger partial charge in [0, 0.05) is 30.3 Å². The van der Waals surface area contributed by atoms with Gasteiger partial charge >= 0.3 is 0 Å². The minimum atomic E-state index is -0.152. The first-order valence-electron chi connectivity index (χ1n) is 10.2. The van der Waals surface area contributed by atoms with Crippen molar-refractivity contribution in [1.29, 1.82) is 5.26 Å². The van der Waals surface area contributed by atoms with Crippen molar-refractivity contribution in [3.63, 3.8) is 0 Å². The number of rotatable bonds is 3. The third-order valence-corrected chi connectivity index (χ3v) is 5.27. The number of nitriles is 1. The number of pyridine rings is 1. The second-order valence-corrected chi connectivity index (χ2v) is 7.56. The number of hydrogen-bond acceptors (Lipinski definition) is 8. The van der Waals surface area contributed by atoms with Gasteiger partial charge in [-0.25, -0.2) is 9.97 Å². The molecule has 0 atom stereocenters. The van der Waals surface area contributed by atoms with Gasteiger partial charge in [-0.3, -0.25) is 4.79 Å². The number of amides is 1. The number of carbonyl (C=O) groups is 1. The Kier molecular flexibility index (Phi) is 7.76. The third kappa shape index (κ3) is 5.60. The SMILES string of the molecule is CCc1cc2cccc(Cl)c2c(C(=O)NC2CCOCC2)n1.N#Cc1cnc(N)nc1N. The molecule has 9 nitrogen and oxygen atoms in total. The fourth-order valence-electron chi connectivity index (χ4n) is 3.26. The molecule has 166 valence electrons. The minimum absolute atomic E-state index is 0.0801. The number of aromatic nitrogens is 3. The summed E-state index contributed by atoms with van der Waals surface area (Å²) in [6.07, 6.45) is 3.74. The highest BCUT2D eigenvalue weighted by Gasteiger charge is 2.21. The number of nitrogens with zero attached hydrogens (tertiary/aromatic N) is 4. The van der Waals surface area contributed by atoms with Crippen LogP contribution in [0, 0.1) is 11.3 Å². The zero-order valence-electron chi connectivity index (χ0n) is 17.6. The molecule has 1 aliphatic rings. The van der Waals surface area contributed by atoms with Crippen LogP contribution in [0.15, 0.2) is 30.5 Å². The molecular formula is C22H24ClN7O2. The molecule has 1 aromatic carbocycles. The lowest BCUT2D eigenvalue weighted by atomic mass is 10.1. The van der Waals surface area contributed by atoms with E-state index in [2.05, 4.69) is 20.3 Å². The van der Waals surface area contributed by atoms with Gasteiger partial charge in [-0.1, -0.05) is 30.7 Å². The highest BCUT2D eigenvalue weighted by molar-refractivity contribution is 6.36. The molecule has 1 amide bonds. The summed E-state index contributed by atoms with van der Waals surface area (Å²) in [4.78, 5) is 24.3. The molecule has 0 unspecified atom stereocenters. The van der Waals surface area contributed by atoms with E-state index in [-0.39, 0.29) is 29.3 Å². The molecular weight excluding hydrogens is 430 g/mol.